The second-order valence-electron chi connectivity index (χ2n) is 13.4. The molecule has 262 valence electrons. The molecular formula is C46H30N6OPt-2. The first-order valence-corrected chi connectivity index (χ1v) is 17.6. The van der Waals surface area contributed by atoms with E-state index in [4.69, 9.17) is 9.72 Å². The van der Waals surface area contributed by atoms with Crippen molar-refractivity contribution in [1.82, 2.24) is 23.3 Å². The number of hydrogen-bond acceptors (Lipinski definition) is 2. The van der Waals surface area contributed by atoms with Gasteiger partial charge in [-0.1, -0.05) is 71.9 Å². The molecule has 0 saturated carbocycles. The first kappa shape index (κ1) is 32.2. The maximum absolute atomic E-state index is 6.53. The molecule has 0 aliphatic heterocycles. The van der Waals surface area contributed by atoms with E-state index in [0.717, 1.165) is 55.5 Å². The maximum atomic E-state index is 6.53. The molecule has 0 bridgehead atoms. The summed E-state index contributed by atoms with van der Waals surface area (Å²) in [7, 11) is 4.12. The molecule has 0 aliphatic rings. The van der Waals surface area contributed by atoms with Gasteiger partial charge < -0.3 is 27.6 Å². The summed E-state index contributed by atoms with van der Waals surface area (Å²) in [6, 6.07) is 51.4. The number of hydrogen-bond donors (Lipinski definition) is 0. The molecule has 6 aromatic carbocycles. The van der Waals surface area contributed by atoms with Crippen LogP contribution in [0.2, 0.25) is 0 Å². The Balaban J connectivity index is 0.00000361. The molecule has 0 atom stereocenters. The molecule has 11 rings (SSSR count). The molecule has 0 saturated heterocycles. The van der Waals surface area contributed by atoms with E-state index >= 15 is 0 Å². The number of imidazole rings is 1. The zero-order valence-corrected chi connectivity index (χ0v) is 31.5. The zero-order valence-electron chi connectivity index (χ0n) is 29.3. The predicted molar refractivity (Wildman–Crippen MR) is 210 cm³/mol. The minimum atomic E-state index is 0. The Labute approximate surface area is 324 Å². The summed E-state index contributed by atoms with van der Waals surface area (Å²) in [5.41, 5.74) is 8.54. The van der Waals surface area contributed by atoms with Gasteiger partial charge in [-0.05, 0) is 41.8 Å². The fraction of sp³-hybridized carbons (Fsp3) is 0.0435. The number of benzene rings is 6. The summed E-state index contributed by atoms with van der Waals surface area (Å²) in [6.07, 6.45) is 8.98. The summed E-state index contributed by atoms with van der Waals surface area (Å²) in [6.45, 7) is 0. The van der Waals surface area contributed by atoms with Gasteiger partial charge in [0.1, 0.15) is 5.82 Å². The van der Waals surface area contributed by atoms with Gasteiger partial charge in [0.25, 0.3) is 0 Å². The normalized spacial score (nSPS) is 11.7. The molecule has 5 heterocycles. The summed E-state index contributed by atoms with van der Waals surface area (Å²) in [4.78, 5) is 4.94. The Kier molecular flexibility index (Phi) is 7.36. The van der Waals surface area contributed by atoms with Gasteiger partial charge in [-0.15, -0.1) is 29.7 Å². The van der Waals surface area contributed by atoms with Crippen LogP contribution in [0.4, 0.5) is 0 Å². The van der Waals surface area contributed by atoms with Gasteiger partial charge in [-0.3, -0.25) is 0 Å². The fourth-order valence-corrected chi connectivity index (χ4v) is 8.22. The Bertz CT molecular complexity index is 3230. The zero-order chi connectivity index (χ0) is 35.2. The Morgan fingerprint density at radius 3 is 2.09 bits per heavy atom. The van der Waals surface area contributed by atoms with E-state index in [0.29, 0.717) is 11.5 Å². The van der Waals surface area contributed by atoms with Crippen molar-refractivity contribution in [3.8, 4) is 28.7 Å². The standard InChI is InChI=1S/C46H30N6O.Pt/c1-48-25-26-50(29-48)31-15-12-16-32(27-31)53-33-22-23-36-39(28-33)52(40-21-10-11-24-47-40)46-42(36)41-35-18-7-9-20-38(35)51(30-13-4-3-5-14-30)44(41)43-34-17-6-8-19-37(34)49(2)45(43)46;/h3-26H,1-2H3;/q-2;. The third kappa shape index (κ3) is 4.65. The van der Waals surface area contributed by atoms with Crippen LogP contribution in [0.15, 0.2) is 146 Å². The van der Waals surface area contributed by atoms with Crippen LogP contribution in [0.1, 0.15) is 0 Å². The minimum Gasteiger partial charge on any atom is -0.510 e. The maximum Gasteiger partial charge on any atom is 0.241 e. The van der Waals surface area contributed by atoms with Crippen molar-refractivity contribution >= 4 is 65.4 Å². The van der Waals surface area contributed by atoms with Crippen molar-refractivity contribution in [2.45, 2.75) is 0 Å². The molecule has 0 spiro atoms. The Morgan fingerprint density at radius 2 is 1.31 bits per heavy atom. The molecule has 7 nitrogen and oxygen atoms in total. The second kappa shape index (κ2) is 12.3. The third-order valence-electron chi connectivity index (χ3n) is 10.4. The molecule has 0 amide bonds. The number of rotatable bonds is 5. The molecular weight excluding hydrogens is 848 g/mol. The molecule has 5 aromatic heterocycles. The number of nitrogens with zero attached hydrogens (tertiary/aromatic N) is 6. The monoisotopic (exact) mass is 877 g/mol. The smallest absolute Gasteiger partial charge is 0.241 e. The summed E-state index contributed by atoms with van der Waals surface area (Å²) in [5.74, 6) is 1.99. The largest absolute Gasteiger partial charge is 0.510 e. The van der Waals surface area contributed by atoms with E-state index < -0.39 is 0 Å². The van der Waals surface area contributed by atoms with Crippen LogP contribution >= 0.6 is 0 Å². The van der Waals surface area contributed by atoms with Gasteiger partial charge in [0.05, 0.1) is 29.1 Å². The van der Waals surface area contributed by atoms with Crippen molar-refractivity contribution < 1.29 is 30.4 Å². The molecule has 11 aromatic rings. The van der Waals surface area contributed by atoms with Crippen molar-refractivity contribution in [2.75, 3.05) is 0 Å². The van der Waals surface area contributed by atoms with E-state index in [1.54, 1.807) is 0 Å². The van der Waals surface area contributed by atoms with Crippen LogP contribution in [0.5, 0.6) is 11.5 Å². The molecule has 54 heavy (non-hydrogen) atoms. The molecule has 0 N–H and O–H groups in total. The van der Waals surface area contributed by atoms with Crippen molar-refractivity contribution in [3.05, 3.63) is 164 Å². The number of ether oxygens (including phenoxy) is 1. The topological polar surface area (TPSA) is 45.7 Å². The van der Waals surface area contributed by atoms with Crippen LogP contribution in [-0.4, -0.2) is 23.3 Å². The average Bonchev–Trinajstić information content (AvgIpc) is 3.95. The van der Waals surface area contributed by atoms with E-state index in [2.05, 4.69) is 130 Å². The van der Waals surface area contributed by atoms with Crippen LogP contribution in [0.3, 0.4) is 0 Å². The Morgan fingerprint density at radius 1 is 0.593 bits per heavy atom. The Hall–Kier alpha value is -6.43. The van der Waals surface area contributed by atoms with Crippen LogP contribution in [0, 0.1) is 18.5 Å². The van der Waals surface area contributed by atoms with Gasteiger partial charge in [0, 0.05) is 91.0 Å². The number of pyridine rings is 1. The first-order chi connectivity index (χ1) is 26.1. The van der Waals surface area contributed by atoms with Crippen LogP contribution < -0.4 is 9.30 Å². The average molecular weight is 878 g/mol. The van der Waals surface area contributed by atoms with Gasteiger partial charge >= 0.3 is 0 Å². The second-order valence-corrected chi connectivity index (χ2v) is 13.4. The van der Waals surface area contributed by atoms with Gasteiger partial charge in [-0.2, -0.15) is 18.2 Å². The van der Waals surface area contributed by atoms with Gasteiger partial charge in [-0.25, -0.2) is 4.98 Å². The number of aryl methyl sites for hydroxylation is 2. The molecule has 0 radical (unpaired) electrons. The third-order valence-corrected chi connectivity index (χ3v) is 10.4. The predicted octanol–water partition coefficient (Wildman–Crippen LogP) is 9.73. The van der Waals surface area contributed by atoms with E-state index in [1.165, 1.54) is 27.1 Å². The van der Waals surface area contributed by atoms with E-state index in [9.17, 15) is 0 Å². The van der Waals surface area contributed by atoms with Crippen molar-refractivity contribution in [2.24, 2.45) is 14.1 Å². The molecule has 8 heteroatoms. The number of fused-ring (bicyclic) bond motifs is 12. The molecule has 0 unspecified atom stereocenters. The summed E-state index contributed by atoms with van der Waals surface area (Å²) in [5, 5.41) is 7.00. The van der Waals surface area contributed by atoms with Crippen LogP contribution in [0.25, 0.3) is 82.6 Å². The molecule has 0 aliphatic carbocycles. The van der Waals surface area contributed by atoms with Gasteiger partial charge in [0.15, 0.2) is 0 Å². The van der Waals surface area contributed by atoms with E-state index in [-0.39, 0.29) is 21.1 Å². The minimum absolute atomic E-state index is 0. The SMILES string of the molecule is Cn1[c-][n+](-c2[c-]c(Oc3[c-]c4c(cc3)c3c5c6ccccc6n(-c6ccccc6)c5c5c6ccccc6n(C)c5c3n4-c3ccccn3)ccc2)cc1.[Pt]. The van der Waals surface area contributed by atoms with Crippen molar-refractivity contribution in [1.29, 1.82) is 0 Å². The molecule has 0 fully saturated rings. The first-order valence-electron chi connectivity index (χ1n) is 17.6. The quantitative estimate of drug-likeness (QED) is 0.128. The number of aromatic nitrogens is 6. The summed E-state index contributed by atoms with van der Waals surface area (Å²) >= 11 is 0. The number of para-hydroxylation sites is 3. The van der Waals surface area contributed by atoms with Crippen LogP contribution in [-0.2, 0) is 35.2 Å². The summed E-state index contributed by atoms with van der Waals surface area (Å²) < 4.78 is 17.3. The fourth-order valence-electron chi connectivity index (χ4n) is 8.22. The van der Waals surface area contributed by atoms with Crippen molar-refractivity contribution in [3.63, 3.8) is 0 Å². The van der Waals surface area contributed by atoms with Gasteiger partial charge in [0.2, 0.25) is 6.33 Å². The van der Waals surface area contributed by atoms with E-state index in [1.807, 2.05) is 71.2 Å².